The summed E-state index contributed by atoms with van der Waals surface area (Å²) in [5, 5.41) is 0.0276. The fraction of sp³-hybridized carbons (Fsp3) is 0.308. The Bertz CT molecular complexity index is 685. The second kappa shape index (κ2) is 5.26. The van der Waals surface area contributed by atoms with Gasteiger partial charge < -0.3 is 10.3 Å². The summed E-state index contributed by atoms with van der Waals surface area (Å²) in [6, 6.07) is 6.72. The van der Waals surface area contributed by atoms with Gasteiger partial charge in [0.05, 0.1) is 0 Å². The van der Waals surface area contributed by atoms with E-state index in [0.29, 0.717) is 11.5 Å². The van der Waals surface area contributed by atoms with Crippen molar-refractivity contribution in [1.82, 2.24) is 14.3 Å². The zero-order valence-electron chi connectivity index (χ0n) is 11.7. The molecular formula is C13H18N4O2S. The van der Waals surface area contributed by atoms with Gasteiger partial charge in [0.2, 0.25) is 0 Å². The van der Waals surface area contributed by atoms with E-state index < -0.39 is 10.0 Å². The number of rotatable bonds is 4. The standard InChI is InChI=1S/C13H18N4O2S/c1-9(11-4-6-12(14)7-5-11)16-20(18,19)13-8-17(3)10(2)15-13/h4-9,16H,14H2,1-3H3. The molecule has 1 aromatic carbocycles. The Labute approximate surface area is 118 Å². The minimum Gasteiger partial charge on any atom is -0.399 e. The molecule has 0 saturated heterocycles. The van der Waals surface area contributed by atoms with Crippen molar-refractivity contribution in [2.24, 2.45) is 7.05 Å². The number of sulfonamides is 1. The maximum absolute atomic E-state index is 12.2. The van der Waals surface area contributed by atoms with Gasteiger partial charge in [0.25, 0.3) is 10.0 Å². The Kier molecular flexibility index (Phi) is 3.82. The zero-order chi connectivity index (χ0) is 14.9. The van der Waals surface area contributed by atoms with E-state index in [4.69, 9.17) is 5.73 Å². The first-order valence-corrected chi connectivity index (χ1v) is 7.65. The molecule has 0 saturated carbocycles. The largest absolute Gasteiger partial charge is 0.399 e. The highest BCUT2D eigenvalue weighted by molar-refractivity contribution is 7.89. The molecule has 1 unspecified atom stereocenters. The molecule has 20 heavy (non-hydrogen) atoms. The van der Waals surface area contributed by atoms with Crippen molar-refractivity contribution < 1.29 is 8.42 Å². The molecule has 0 aliphatic rings. The summed E-state index contributed by atoms with van der Waals surface area (Å²) in [4.78, 5) is 4.04. The molecule has 0 amide bonds. The van der Waals surface area contributed by atoms with Gasteiger partial charge in [-0.1, -0.05) is 12.1 Å². The number of aromatic nitrogens is 2. The third kappa shape index (κ3) is 3.00. The van der Waals surface area contributed by atoms with Crippen molar-refractivity contribution in [2.75, 3.05) is 5.73 Å². The minimum absolute atomic E-state index is 0.0276. The lowest BCUT2D eigenvalue weighted by Gasteiger charge is -2.13. The van der Waals surface area contributed by atoms with Crippen molar-refractivity contribution in [1.29, 1.82) is 0 Å². The molecular weight excluding hydrogens is 276 g/mol. The summed E-state index contributed by atoms with van der Waals surface area (Å²) in [5.41, 5.74) is 7.10. The van der Waals surface area contributed by atoms with Crippen LogP contribution in [0, 0.1) is 6.92 Å². The average molecular weight is 294 g/mol. The first-order valence-electron chi connectivity index (χ1n) is 6.17. The summed E-state index contributed by atoms with van der Waals surface area (Å²) in [5.74, 6) is 0.644. The smallest absolute Gasteiger partial charge is 0.260 e. The number of hydrogen-bond acceptors (Lipinski definition) is 4. The van der Waals surface area contributed by atoms with Crippen LogP contribution < -0.4 is 10.5 Å². The number of imidazole rings is 1. The number of nitrogen functional groups attached to an aromatic ring is 1. The first-order chi connectivity index (χ1) is 9.29. The normalized spacial score (nSPS) is 13.3. The topological polar surface area (TPSA) is 90.0 Å². The second-order valence-electron chi connectivity index (χ2n) is 4.75. The predicted octanol–water partition coefficient (Wildman–Crippen LogP) is 1.35. The van der Waals surface area contributed by atoms with E-state index in [0.717, 1.165) is 5.56 Å². The quantitative estimate of drug-likeness (QED) is 0.833. The van der Waals surface area contributed by atoms with Gasteiger partial charge in [-0.15, -0.1) is 0 Å². The van der Waals surface area contributed by atoms with E-state index in [-0.39, 0.29) is 11.1 Å². The van der Waals surface area contributed by atoms with Crippen molar-refractivity contribution >= 4 is 15.7 Å². The molecule has 1 aromatic heterocycles. The summed E-state index contributed by atoms with van der Waals surface area (Å²) in [6.45, 7) is 3.53. The lowest BCUT2D eigenvalue weighted by atomic mass is 10.1. The molecule has 0 radical (unpaired) electrons. The molecule has 3 N–H and O–H groups in total. The summed E-state index contributed by atoms with van der Waals surface area (Å²) >= 11 is 0. The van der Waals surface area contributed by atoms with E-state index in [1.165, 1.54) is 6.20 Å². The molecule has 0 spiro atoms. The SMILES string of the molecule is Cc1nc(S(=O)(=O)NC(C)c2ccc(N)cc2)cn1C. The van der Waals surface area contributed by atoms with Crippen molar-refractivity contribution in [3.63, 3.8) is 0 Å². The lowest BCUT2D eigenvalue weighted by Crippen LogP contribution is -2.27. The zero-order valence-corrected chi connectivity index (χ0v) is 12.5. The summed E-state index contributed by atoms with van der Waals surface area (Å²) in [7, 11) is -1.88. The Morgan fingerprint density at radius 2 is 1.90 bits per heavy atom. The highest BCUT2D eigenvalue weighted by Gasteiger charge is 2.21. The fourth-order valence-corrected chi connectivity index (χ4v) is 3.07. The minimum atomic E-state index is -3.63. The van der Waals surface area contributed by atoms with E-state index in [2.05, 4.69) is 9.71 Å². The molecule has 1 heterocycles. The van der Waals surface area contributed by atoms with Crippen LogP contribution in [0.1, 0.15) is 24.4 Å². The van der Waals surface area contributed by atoms with Crippen LogP contribution in [0.25, 0.3) is 0 Å². The van der Waals surface area contributed by atoms with E-state index in [1.807, 2.05) is 0 Å². The molecule has 1 atom stereocenters. The van der Waals surface area contributed by atoms with Gasteiger partial charge in [-0.25, -0.2) is 18.1 Å². The van der Waals surface area contributed by atoms with Crippen LogP contribution in [0.5, 0.6) is 0 Å². The van der Waals surface area contributed by atoms with Crippen LogP contribution in [0.2, 0.25) is 0 Å². The molecule has 0 bridgehead atoms. The summed E-state index contributed by atoms with van der Waals surface area (Å²) < 4.78 is 28.7. The number of anilines is 1. The molecule has 6 nitrogen and oxygen atoms in total. The molecule has 2 rings (SSSR count). The van der Waals surface area contributed by atoms with Crippen molar-refractivity contribution in [3.8, 4) is 0 Å². The number of nitrogens with zero attached hydrogens (tertiary/aromatic N) is 2. The van der Waals surface area contributed by atoms with Crippen LogP contribution in [0.15, 0.2) is 35.5 Å². The fourth-order valence-electron chi connectivity index (χ4n) is 1.80. The third-order valence-corrected chi connectivity index (χ3v) is 4.54. The van der Waals surface area contributed by atoms with Crippen molar-refractivity contribution in [2.45, 2.75) is 24.9 Å². The molecule has 2 aromatic rings. The Balaban J connectivity index is 2.21. The van der Waals surface area contributed by atoms with Gasteiger partial charge in [0, 0.05) is 25.0 Å². The maximum Gasteiger partial charge on any atom is 0.260 e. The van der Waals surface area contributed by atoms with Crippen LogP contribution in [-0.2, 0) is 17.1 Å². The highest BCUT2D eigenvalue weighted by Crippen LogP contribution is 2.17. The number of nitrogens with one attached hydrogen (secondary N) is 1. The maximum atomic E-state index is 12.2. The number of nitrogens with two attached hydrogens (primary N) is 1. The van der Waals surface area contributed by atoms with Crippen molar-refractivity contribution in [3.05, 3.63) is 41.9 Å². The third-order valence-electron chi connectivity index (χ3n) is 3.13. The number of benzene rings is 1. The molecule has 108 valence electrons. The Morgan fingerprint density at radius 1 is 1.30 bits per heavy atom. The monoisotopic (exact) mass is 294 g/mol. The highest BCUT2D eigenvalue weighted by atomic mass is 32.2. The second-order valence-corrected chi connectivity index (χ2v) is 6.41. The number of aryl methyl sites for hydroxylation is 2. The van der Waals surface area contributed by atoms with Gasteiger partial charge >= 0.3 is 0 Å². The van der Waals surface area contributed by atoms with Gasteiger partial charge in [0.1, 0.15) is 5.82 Å². The van der Waals surface area contributed by atoms with Crippen LogP contribution >= 0.6 is 0 Å². The van der Waals surface area contributed by atoms with Crippen LogP contribution in [0.4, 0.5) is 5.69 Å². The van der Waals surface area contributed by atoms with Crippen LogP contribution in [0.3, 0.4) is 0 Å². The lowest BCUT2D eigenvalue weighted by molar-refractivity contribution is 0.563. The number of hydrogen-bond donors (Lipinski definition) is 2. The van der Waals surface area contributed by atoms with E-state index in [9.17, 15) is 8.42 Å². The molecule has 0 aliphatic heterocycles. The molecule has 0 aliphatic carbocycles. The molecule has 7 heteroatoms. The Hall–Kier alpha value is -1.86. The van der Waals surface area contributed by atoms with E-state index >= 15 is 0 Å². The van der Waals surface area contributed by atoms with Crippen LogP contribution in [-0.4, -0.2) is 18.0 Å². The van der Waals surface area contributed by atoms with Gasteiger partial charge in [-0.05, 0) is 31.5 Å². The van der Waals surface area contributed by atoms with E-state index in [1.54, 1.807) is 49.7 Å². The van der Waals surface area contributed by atoms with Gasteiger partial charge in [-0.3, -0.25) is 0 Å². The van der Waals surface area contributed by atoms with Gasteiger partial charge in [0.15, 0.2) is 5.03 Å². The first kappa shape index (κ1) is 14.5. The Morgan fingerprint density at radius 3 is 2.40 bits per heavy atom. The predicted molar refractivity (Wildman–Crippen MR) is 77.5 cm³/mol. The van der Waals surface area contributed by atoms with Gasteiger partial charge in [-0.2, -0.15) is 0 Å². The average Bonchev–Trinajstić information content (AvgIpc) is 2.71. The molecule has 0 fully saturated rings. The summed E-state index contributed by atoms with van der Waals surface area (Å²) in [6.07, 6.45) is 1.49.